The summed E-state index contributed by atoms with van der Waals surface area (Å²) in [5.41, 5.74) is 0.129. The van der Waals surface area contributed by atoms with Gasteiger partial charge in [0, 0.05) is 25.2 Å². The lowest BCUT2D eigenvalue weighted by Crippen LogP contribution is -2.51. The average molecular weight is 295 g/mol. The molecule has 0 saturated carbocycles. The summed E-state index contributed by atoms with van der Waals surface area (Å²) in [7, 11) is 0. The molecule has 0 bridgehead atoms. The number of nitrogens with zero attached hydrogens (tertiary/aromatic N) is 3. The van der Waals surface area contributed by atoms with Gasteiger partial charge in [0.1, 0.15) is 6.04 Å². The second-order valence-corrected chi connectivity index (χ2v) is 7.90. The molecule has 0 aromatic heterocycles. The summed E-state index contributed by atoms with van der Waals surface area (Å²) in [6.45, 7) is 13.9. The van der Waals surface area contributed by atoms with Crippen molar-refractivity contribution in [2.45, 2.75) is 52.6 Å². The quantitative estimate of drug-likeness (QED) is 0.735. The van der Waals surface area contributed by atoms with Crippen LogP contribution in [-0.4, -0.2) is 53.5 Å². The fraction of sp³-hybridized carbons (Fsp3) is 0.938. The van der Waals surface area contributed by atoms with Crippen molar-refractivity contribution in [3.63, 3.8) is 0 Å². The predicted molar refractivity (Wildman–Crippen MR) is 83.9 cm³/mol. The van der Waals surface area contributed by atoms with Crippen molar-refractivity contribution in [3.05, 3.63) is 4.91 Å². The summed E-state index contributed by atoms with van der Waals surface area (Å²) in [6.07, 6.45) is 0.949. The fourth-order valence-corrected chi connectivity index (χ4v) is 3.76. The van der Waals surface area contributed by atoms with Crippen molar-refractivity contribution in [1.82, 2.24) is 9.80 Å². The van der Waals surface area contributed by atoms with Gasteiger partial charge in [-0.25, -0.2) is 0 Å². The molecule has 2 heterocycles. The molecule has 120 valence electrons. The van der Waals surface area contributed by atoms with Crippen molar-refractivity contribution < 1.29 is 4.79 Å². The van der Waals surface area contributed by atoms with Crippen molar-refractivity contribution in [2.24, 2.45) is 22.9 Å². The molecule has 0 aromatic rings. The molecule has 0 spiro atoms. The van der Waals surface area contributed by atoms with Crippen LogP contribution in [0.4, 0.5) is 0 Å². The maximum atomic E-state index is 12.7. The van der Waals surface area contributed by atoms with E-state index in [2.05, 4.69) is 30.8 Å². The molecule has 5 nitrogen and oxygen atoms in total. The molecule has 5 heteroatoms. The van der Waals surface area contributed by atoms with Crippen molar-refractivity contribution >= 4 is 5.91 Å². The van der Waals surface area contributed by atoms with Gasteiger partial charge in [0.2, 0.25) is 5.91 Å². The fourth-order valence-electron chi connectivity index (χ4n) is 3.76. The van der Waals surface area contributed by atoms with Crippen LogP contribution in [0.3, 0.4) is 0 Å². The zero-order valence-corrected chi connectivity index (χ0v) is 14.0. The Kier molecular flexibility index (Phi) is 4.71. The second-order valence-electron chi connectivity index (χ2n) is 7.90. The minimum Gasteiger partial charge on any atom is -0.342 e. The molecular formula is C16H29N3O2. The van der Waals surface area contributed by atoms with Crippen LogP contribution in [0.2, 0.25) is 0 Å². The number of piperidine rings is 1. The number of hydrogen-bond acceptors (Lipinski definition) is 4. The highest BCUT2D eigenvalue weighted by atomic mass is 16.3. The SMILES string of the molecule is CC1CN(C(=O)C2CCN(C(C)(C)C)C2)CC(C)C1N=O. The molecule has 2 saturated heterocycles. The predicted octanol–water partition coefficient (Wildman–Crippen LogP) is 2.36. The highest BCUT2D eigenvalue weighted by Crippen LogP contribution is 2.29. The first-order chi connectivity index (χ1) is 9.74. The van der Waals surface area contributed by atoms with E-state index in [4.69, 9.17) is 0 Å². The van der Waals surface area contributed by atoms with E-state index in [1.54, 1.807) is 0 Å². The maximum Gasteiger partial charge on any atom is 0.227 e. The molecule has 0 aromatic carbocycles. The summed E-state index contributed by atoms with van der Waals surface area (Å²) in [5, 5.41) is 3.25. The van der Waals surface area contributed by atoms with Gasteiger partial charge in [0.25, 0.3) is 0 Å². The average Bonchev–Trinajstić information content (AvgIpc) is 2.86. The molecule has 0 aliphatic carbocycles. The van der Waals surface area contributed by atoms with Gasteiger partial charge >= 0.3 is 0 Å². The van der Waals surface area contributed by atoms with Crippen molar-refractivity contribution in [3.8, 4) is 0 Å². The second kappa shape index (κ2) is 6.03. The third kappa shape index (κ3) is 3.44. The van der Waals surface area contributed by atoms with Crippen molar-refractivity contribution in [2.75, 3.05) is 26.2 Å². The standard InChI is InChI=1S/C16H29N3O2/c1-11-8-18(9-12(2)14(11)17-21)15(20)13-6-7-19(10-13)16(3,4)5/h11-14H,6-10H2,1-5H3. The van der Waals surface area contributed by atoms with Crippen LogP contribution in [0, 0.1) is 22.7 Å². The van der Waals surface area contributed by atoms with Crippen LogP contribution in [0.5, 0.6) is 0 Å². The number of rotatable bonds is 2. The molecule has 21 heavy (non-hydrogen) atoms. The van der Waals surface area contributed by atoms with Crippen LogP contribution >= 0.6 is 0 Å². The molecule has 2 fully saturated rings. The third-order valence-corrected chi connectivity index (χ3v) is 5.10. The minimum absolute atomic E-state index is 0.115. The summed E-state index contributed by atoms with van der Waals surface area (Å²) in [5.74, 6) is 0.708. The number of nitroso groups, excluding NO2 is 1. The van der Waals surface area contributed by atoms with Crippen LogP contribution in [0.25, 0.3) is 0 Å². The van der Waals surface area contributed by atoms with Gasteiger partial charge in [-0.3, -0.25) is 9.69 Å². The first-order valence-corrected chi connectivity index (χ1v) is 8.10. The molecule has 3 atom stereocenters. The molecular weight excluding hydrogens is 266 g/mol. The zero-order chi connectivity index (χ0) is 15.8. The lowest BCUT2D eigenvalue weighted by Gasteiger charge is -2.39. The van der Waals surface area contributed by atoms with E-state index in [9.17, 15) is 9.70 Å². The molecule has 0 N–H and O–H groups in total. The monoisotopic (exact) mass is 295 g/mol. The molecule has 2 aliphatic heterocycles. The number of likely N-dealkylation sites (tertiary alicyclic amines) is 2. The van der Waals surface area contributed by atoms with Gasteiger partial charge in [-0.15, -0.1) is 0 Å². The lowest BCUT2D eigenvalue weighted by atomic mass is 9.86. The largest absolute Gasteiger partial charge is 0.342 e. The van der Waals surface area contributed by atoms with E-state index < -0.39 is 0 Å². The Labute approximate surface area is 128 Å². The number of carbonyl (C=O) groups is 1. The van der Waals surface area contributed by atoms with Crippen LogP contribution in [0.1, 0.15) is 41.0 Å². The number of amides is 1. The van der Waals surface area contributed by atoms with Crippen LogP contribution < -0.4 is 0 Å². The Hall–Kier alpha value is -0.970. The summed E-state index contributed by atoms with van der Waals surface area (Å²) in [6, 6.07) is -0.149. The van der Waals surface area contributed by atoms with Crippen molar-refractivity contribution in [1.29, 1.82) is 0 Å². The maximum absolute atomic E-state index is 12.7. The minimum atomic E-state index is -0.149. The van der Waals surface area contributed by atoms with Crippen LogP contribution in [0.15, 0.2) is 5.18 Å². The highest BCUT2D eigenvalue weighted by Gasteiger charge is 2.40. The summed E-state index contributed by atoms with van der Waals surface area (Å²) < 4.78 is 0. The van der Waals surface area contributed by atoms with Crippen LogP contribution in [-0.2, 0) is 4.79 Å². The van der Waals surface area contributed by atoms with Gasteiger partial charge in [0.05, 0.1) is 5.92 Å². The Morgan fingerprint density at radius 1 is 1.10 bits per heavy atom. The van der Waals surface area contributed by atoms with E-state index in [1.165, 1.54) is 0 Å². The zero-order valence-electron chi connectivity index (χ0n) is 14.0. The van der Waals surface area contributed by atoms with E-state index in [-0.39, 0.29) is 35.2 Å². The Morgan fingerprint density at radius 3 is 2.10 bits per heavy atom. The van der Waals surface area contributed by atoms with E-state index in [0.717, 1.165) is 19.5 Å². The normalized spacial score (nSPS) is 35.0. The number of carbonyl (C=O) groups excluding carboxylic acids is 1. The first-order valence-electron chi connectivity index (χ1n) is 8.10. The highest BCUT2D eigenvalue weighted by molar-refractivity contribution is 5.79. The van der Waals surface area contributed by atoms with Gasteiger partial charge in [0.15, 0.2) is 0 Å². The smallest absolute Gasteiger partial charge is 0.227 e. The molecule has 2 rings (SSSR count). The van der Waals surface area contributed by atoms with E-state index in [1.807, 2.05) is 18.7 Å². The topological polar surface area (TPSA) is 53.0 Å². The van der Waals surface area contributed by atoms with Gasteiger partial charge < -0.3 is 4.90 Å². The Balaban J connectivity index is 1.97. The summed E-state index contributed by atoms with van der Waals surface area (Å²) in [4.78, 5) is 28.0. The molecule has 2 aliphatic rings. The van der Waals surface area contributed by atoms with Gasteiger partial charge in [-0.05, 0) is 45.6 Å². The molecule has 3 unspecified atom stereocenters. The van der Waals surface area contributed by atoms with Gasteiger partial charge in [-0.2, -0.15) is 4.91 Å². The van der Waals surface area contributed by atoms with E-state index in [0.29, 0.717) is 13.1 Å². The van der Waals surface area contributed by atoms with Gasteiger partial charge in [-0.1, -0.05) is 19.0 Å². The Morgan fingerprint density at radius 2 is 1.67 bits per heavy atom. The first kappa shape index (κ1) is 16.4. The number of hydrogen-bond donors (Lipinski definition) is 0. The summed E-state index contributed by atoms with van der Waals surface area (Å²) >= 11 is 0. The third-order valence-electron chi connectivity index (χ3n) is 5.10. The van der Waals surface area contributed by atoms with E-state index >= 15 is 0 Å². The Bertz CT molecular complexity index is 393. The lowest BCUT2D eigenvalue weighted by molar-refractivity contribution is -0.138. The molecule has 0 radical (unpaired) electrons. The molecule has 1 amide bonds.